The lowest BCUT2D eigenvalue weighted by atomic mass is 10.2. The normalized spacial score (nSPS) is 10.6. The Hall–Kier alpha value is -1.77. The van der Waals surface area contributed by atoms with Crippen LogP contribution in [0.25, 0.3) is 0 Å². The van der Waals surface area contributed by atoms with Gasteiger partial charge in [-0.3, -0.25) is 0 Å². The first kappa shape index (κ1) is 22.2. The Bertz CT molecular complexity index is 528. The molecule has 0 atom stereocenters. The molecule has 0 fully saturated rings. The molecule has 0 aliphatic rings. The molecular weight excluding hydrogens is 417 g/mol. The van der Waals surface area contributed by atoms with Gasteiger partial charge in [-0.2, -0.15) is 0 Å². The van der Waals surface area contributed by atoms with Gasteiger partial charge in [-0.25, -0.2) is 9.79 Å². The Labute approximate surface area is 161 Å². The summed E-state index contributed by atoms with van der Waals surface area (Å²) >= 11 is 0. The number of anilines is 1. The van der Waals surface area contributed by atoms with Crippen molar-refractivity contribution in [1.29, 1.82) is 0 Å². The van der Waals surface area contributed by atoms with Crippen molar-refractivity contribution >= 4 is 41.7 Å². The molecule has 1 aromatic rings. The van der Waals surface area contributed by atoms with E-state index in [4.69, 9.17) is 0 Å². The smallest absolute Gasteiger partial charge is 0.319 e. The van der Waals surface area contributed by atoms with Gasteiger partial charge in [0.25, 0.3) is 0 Å². The monoisotopic (exact) mass is 445 g/mol. The molecule has 0 heterocycles. The summed E-state index contributed by atoms with van der Waals surface area (Å²) in [6.07, 6.45) is 1.79. The average Bonchev–Trinajstić information content (AvgIpc) is 2.50. The zero-order valence-electron chi connectivity index (χ0n) is 14.6. The van der Waals surface area contributed by atoms with Gasteiger partial charge in [-0.05, 0) is 38.5 Å². The van der Waals surface area contributed by atoms with E-state index in [0.717, 1.165) is 23.8 Å². The van der Waals surface area contributed by atoms with Crippen LogP contribution < -0.4 is 21.3 Å². The fourth-order valence-electron chi connectivity index (χ4n) is 1.80. The van der Waals surface area contributed by atoms with Crippen LogP contribution in [0.15, 0.2) is 41.9 Å². The molecule has 0 saturated heterocycles. The van der Waals surface area contributed by atoms with Crippen LogP contribution in [0.5, 0.6) is 0 Å². The lowest BCUT2D eigenvalue weighted by molar-refractivity contribution is 0.250. The lowest BCUT2D eigenvalue weighted by Gasteiger charge is -2.11. The summed E-state index contributed by atoms with van der Waals surface area (Å²) in [5.41, 5.74) is 1.82. The Morgan fingerprint density at radius 3 is 2.46 bits per heavy atom. The van der Waals surface area contributed by atoms with E-state index in [9.17, 15) is 4.79 Å². The molecular formula is C17H28IN5O. The molecule has 0 bridgehead atoms. The molecule has 0 spiro atoms. The Morgan fingerprint density at radius 2 is 1.92 bits per heavy atom. The number of urea groups is 1. The minimum atomic E-state index is -0.200. The summed E-state index contributed by atoms with van der Waals surface area (Å²) in [5, 5.41) is 11.9. The molecule has 0 aromatic heterocycles. The molecule has 7 heteroatoms. The summed E-state index contributed by atoms with van der Waals surface area (Å²) in [7, 11) is 0. The van der Waals surface area contributed by atoms with Crippen molar-refractivity contribution in [3.05, 3.63) is 42.5 Å². The molecule has 0 aliphatic heterocycles. The molecule has 24 heavy (non-hydrogen) atoms. The predicted octanol–water partition coefficient (Wildman–Crippen LogP) is 3.08. The first-order chi connectivity index (χ1) is 11.0. The van der Waals surface area contributed by atoms with E-state index >= 15 is 0 Å². The number of hydrogen-bond acceptors (Lipinski definition) is 2. The van der Waals surface area contributed by atoms with Gasteiger partial charge in [-0.15, -0.1) is 30.6 Å². The fourth-order valence-corrected chi connectivity index (χ4v) is 1.80. The standard InChI is InChI=1S/C17H27N5O.HI/c1-5-11-19-16(18-6-2)20-12-14-7-9-15(10-8-14)22-17(23)21-13(3)4;/h5,7-10,13H,1,6,11-12H2,2-4H3,(H2,18,19,20)(H2,21,22,23);1H. The maximum absolute atomic E-state index is 11.6. The zero-order valence-corrected chi connectivity index (χ0v) is 16.9. The second-order valence-corrected chi connectivity index (χ2v) is 5.31. The van der Waals surface area contributed by atoms with Crippen LogP contribution in [0.4, 0.5) is 10.5 Å². The van der Waals surface area contributed by atoms with Crippen LogP contribution in [0, 0.1) is 0 Å². The number of aliphatic imine (C=N–C) groups is 1. The van der Waals surface area contributed by atoms with E-state index in [1.807, 2.05) is 45.0 Å². The van der Waals surface area contributed by atoms with E-state index in [0.29, 0.717) is 13.1 Å². The van der Waals surface area contributed by atoms with Crippen LogP contribution in [-0.2, 0) is 6.54 Å². The van der Waals surface area contributed by atoms with Gasteiger partial charge in [0.2, 0.25) is 0 Å². The molecule has 2 amide bonds. The molecule has 0 saturated carbocycles. The maximum Gasteiger partial charge on any atom is 0.319 e. The molecule has 6 nitrogen and oxygen atoms in total. The van der Waals surface area contributed by atoms with E-state index in [2.05, 4.69) is 32.8 Å². The number of benzene rings is 1. The highest BCUT2D eigenvalue weighted by atomic mass is 127. The van der Waals surface area contributed by atoms with E-state index in [-0.39, 0.29) is 36.0 Å². The van der Waals surface area contributed by atoms with Crippen LogP contribution in [-0.4, -0.2) is 31.1 Å². The lowest BCUT2D eigenvalue weighted by Crippen LogP contribution is -2.37. The van der Waals surface area contributed by atoms with Crippen molar-refractivity contribution in [3.8, 4) is 0 Å². The van der Waals surface area contributed by atoms with E-state index in [1.165, 1.54) is 0 Å². The van der Waals surface area contributed by atoms with Gasteiger partial charge in [0, 0.05) is 24.8 Å². The first-order valence-corrected chi connectivity index (χ1v) is 7.84. The summed E-state index contributed by atoms with van der Waals surface area (Å²) in [4.78, 5) is 16.1. The Balaban J connectivity index is 0.00000529. The highest BCUT2D eigenvalue weighted by Crippen LogP contribution is 2.10. The predicted molar refractivity (Wildman–Crippen MR) is 112 cm³/mol. The number of amides is 2. The number of hydrogen-bond donors (Lipinski definition) is 4. The SMILES string of the molecule is C=CCNC(=NCc1ccc(NC(=O)NC(C)C)cc1)NCC.I. The zero-order chi connectivity index (χ0) is 17.1. The van der Waals surface area contributed by atoms with Gasteiger partial charge in [0.1, 0.15) is 0 Å². The summed E-state index contributed by atoms with van der Waals surface area (Å²) < 4.78 is 0. The van der Waals surface area contributed by atoms with Crippen LogP contribution >= 0.6 is 24.0 Å². The topological polar surface area (TPSA) is 77.5 Å². The molecule has 4 N–H and O–H groups in total. The van der Waals surface area contributed by atoms with Gasteiger partial charge >= 0.3 is 6.03 Å². The molecule has 0 aliphatic carbocycles. The molecule has 1 rings (SSSR count). The van der Waals surface area contributed by atoms with Gasteiger partial charge in [0.05, 0.1) is 6.54 Å². The number of carbonyl (C=O) groups excluding carboxylic acids is 1. The van der Waals surface area contributed by atoms with E-state index in [1.54, 1.807) is 6.08 Å². The number of guanidine groups is 1. The first-order valence-electron chi connectivity index (χ1n) is 7.84. The number of rotatable bonds is 7. The molecule has 0 radical (unpaired) electrons. The maximum atomic E-state index is 11.6. The highest BCUT2D eigenvalue weighted by molar-refractivity contribution is 14.0. The van der Waals surface area contributed by atoms with Crippen molar-refractivity contribution < 1.29 is 4.79 Å². The second kappa shape index (κ2) is 12.6. The number of carbonyl (C=O) groups is 1. The van der Waals surface area contributed by atoms with Gasteiger partial charge in [-0.1, -0.05) is 18.2 Å². The quantitative estimate of drug-likeness (QED) is 0.226. The molecule has 1 aromatic carbocycles. The second-order valence-electron chi connectivity index (χ2n) is 5.31. The molecule has 134 valence electrons. The van der Waals surface area contributed by atoms with Crippen molar-refractivity contribution in [3.63, 3.8) is 0 Å². The van der Waals surface area contributed by atoms with Crippen LogP contribution in [0.1, 0.15) is 26.3 Å². The van der Waals surface area contributed by atoms with Crippen LogP contribution in [0.3, 0.4) is 0 Å². The third-order valence-electron chi connectivity index (χ3n) is 2.81. The summed E-state index contributed by atoms with van der Waals surface area (Å²) in [6.45, 7) is 11.6. The minimum Gasteiger partial charge on any atom is -0.357 e. The number of nitrogens with zero attached hydrogens (tertiary/aromatic N) is 1. The number of halogens is 1. The fraction of sp³-hybridized carbons (Fsp3) is 0.412. The van der Waals surface area contributed by atoms with Crippen molar-refractivity contribution in [2.45, 2.75) is 33.4 Å². The van der Waals surface area contributed by atoms with Crippen molar-refractivity contribution in [2.75, 3.05) is 18.4 Å². The minimum absolute atomic E-state index is 0. The highest BCUT2D eigenvalue weighted by Gasteiger charge is 2.03. The van der Waals surface area contributed by atoms with Gasteiger partial charge < -0.3 is 21.3 Å². The van der Waals surface area contributed by atoms with Crippen LogP contribution in [0.2, 0.25) is 0 Å². The van der Waals surface area contributed by atoms with Crippen molar-refractivity contribution in [2.24, 2.45) is 4.99 Å². The third-order valence-corrected chi connectivity index (χ3v) is 2.81. The molecule has 0 unspecified atom stereocenters. The average molecular weight is 445 g/mol. The largest absolute Gasteiger partial charge is 0.357 e. The summed E-state index contributed by atoms with van der Waals surface area (Å²) in [6, 6.07) is 7.55. The summed E-state index contributed by atoms with van der Waals surface area (Å²) in [5.74, 6) is 0.755. The Kier molecular flexibility index (Phi) is 11.7. The van der Waals surface area contributed by atoms with Gasteiger partial charge in [0.15, 0.2) is 5.96 Å². The third kappa shape index (κ3) is 9.39. The number of nitrogens with one attached hydrogen (secondary N) is 4. The van der Waals surface area contributed by atoms with Crippen molar-refractivity contribution in [1.82, 2.24) is 16.0 Å². The van der Waals surface area contributed by atoms with E-state index < -0.39 is 0 Å². The Morgan fingerprint density at radius 1 is 1.25 bits per heavy atom.